The van der Waals surface area contributed by atoms with Crippen molar-refractivity contribution in [2.75, 3.05) is 31.8 Å². The van der Waals surface area contributed by atoms with Gasteiger partial charge in [-0.05, 0) is 29.0 Å². The summed E-state index contributed by atoms with van der Waals surface area (Å²) in [6.45, 7) is 2.24. The van der Waals surface area contributed by atoms with Gasteiger partial charge in [0, 0.05) is 19.4 Å². The van der Waals surface area contributed by atoms with Gasteiger partial charge in [-0.2, -0.15) is 11.8 Å². The van der Waals surface area contributed by atoms with Gasteiger partial charge in [0.25, 0.3) is 0 Å². The molecule has 0 amide bonds. The van der Waals surface area contributed by atoms with E-state index in [2.05, 4.69) is 20.8 Å². The van der Waals surface area contributed by atoms with Crippen molar-refractivity contribution in [1.82, 2.24) is 25.5 Å². The highest BCUT2D eigenvalue weighted by Gasteiger charge is 2.19. The van der Waals surface area contributed by atoms with Crippen LogP contribution in [0.25, 0.3) is 0 Å². The Hall–Kier alpha value is -0.660. The van der Waals surface area contributed by atoms with Gasteiger partial charge in [-0.1, -0.05) is 0 Å². The number of ether oxygens (including phenoxy) is 1. The van der Waals surface area contributed by atoms with E-state index in [9.17, 15) is 0 Å². The topological polar surface area (TPSA) is 64.9 Å². The molecule has 7 heteroatoms. The Bertz CT molecular complexity index is 326. The van der Waals surface area contributed by atoms with E-state index >= 15 is 0 Å². The van der Waals surface area contributed by atoms with E-state index in [0.29, 0.717) is 19.2 Å². The molecule has 1 aromatic rings. The second-order valence-electron chi connectivity index (χ2n) is 4.08. The van der Waals surface area contributed by atoms with E-state index in [1.165, 1.54) is 18.6 Å². The van der Waals surface area contributed by atoms with Gasteiger partial charge in [0.05, 0.1) is 19.2 Å². The molecule has 2 heterocycles. The minimum absolute atomic E-state index is 0.461. The lowest BCUT2D eigenvalue weighted by molar-refractivity contribution is 0.198. The average Bonchev–Trinajstić information content (AvgIpc) is 2.84. The van der Waals surface area contributed by atoms with Gasteiger partial charge in [-0.3, -0.25) is 0 Å². The molecule has 0 spiro atoms. The smallest absolute Gasteiger partial charge is 0.165 e. The number of rotatable bonds is 6. The molecule has 1 atom stereocenters. The number of methoxy groups -OCH3 is 1. The lowest BCUT2D eigenvalue weighted by Gasteiger charge is -2.22. The predicted octanol–water partition coefficient (Wildman–Crippen LogP) is 0.477. The van der Waals surface area contributed by atoms with Crippen molar-refractivity contribution in [3.63, 3.8) is 0 Å². The van der Waals surface area contributed by atoms with Crippen LogP contribution in [0.1, 0.15) is 24.7 Å². The highest BCUT2D eigenvalue weighted by atomic mass is 32.2. The number of nitrogens with one attached hydrogen (secondary N) is 1. The molecule has 17 heavy (non-hydrogen) atoms. The normalized spacial score (nSPS) is 20.6. The molecular formula is C10H19N5OS. The summed E-state index contributed by atoms with van der Waals surface area (Å²) in [6, 6.07) is 0.461. The molecule has 0 saturated carbocycles. The SMILES string of the molecule is COCCNCc1nnnn1C1CCCSC1. The lowest BCUT2D eigenvalue weighted by Crippen LogP contribution is -2.25. The molecule has 1 aliphatic heterocycles. The Balaban J connectivity index is 1.87. The standard InChI is InChI=1S/C10H19N5OS/c1-16-5-4-11-7-10-12-13-14-15(10)9-3-2-6-17-8-9/h9,11H,2-8H2,1H3. The molecule has 0 radical (unpaired) electrons. The largest absolute Gasteiger partial charge is 0.383 e. The summed E-state index contributed by atoms with van der Waals surface area (Å²) in [6.07, 6.45) is 2.44. The Morgan fingerprint density at radius 3 is 3.29 bits per heavy atom. The third kappa shape index (κ3) is 3.65. The van der Waals surface area contributed by atoms with Crippen molar-refractivity contribution in [2.45, 2.75) is 25.4 Å². The van der Waals surface area contributed by atoms with E-state index in [1.807, 2.05) is 16.4 Å². The molecule has 0 bridgehead atoms. The third-order valence-corrected chi connectivity index (χ3v) is 4.01. The minimum Gasteiger partial charge on any atom is -0.383 e. The maximum atomic E-state index is 4.98. The molecule has 1 saturated heterocycles. The number of tetrazole rings is 1. The zero-order valence-electron chi connectivity index (χ0n) is 10.1. The fourth-order valence-electron chi connectivity index (χ4n) is 1.90. The average molecular weight is 257 g/mol. The molecule has 0 aliphatic carbocycles. The van der Waals surface area contributed by atoms with E-state index in [-0.39, 0.29) is 0 Å². The molecule has 1 unspecified atom stereocenters. The number of aromatic nitrogens is 4. The van der Waals surface area contributed by atoms with Gasteiger partial charge < -0.3 is 10.1 Å². The first-order valence-corrected chi connectivity index (χ1v) is 7.11. The molecule has 6 nitrogen and oxygen atoms in total. The van der Waals surface area contributed by atoms with Gasteiger partial charge in [-0.25, -0.2) is 4.68 Å². The first kappa shape index (κ1) is 12.8. The van der Waals surface area contributed by atoms with Gasteiger partial charge >= 0.3 is 0 Å². The van der Waals surface area contributed by atoms with Crippen molar-refractivity contribution in [1.29, 1.82) is 0 Å². The zero-order valence-corrected chi connectivity index (χ0v) is 10.9. The summed E-state index contributed by atoms with van der Waals surface area (Å²) in [5.74, 6) is 3.31. The van der Waals surface area contributed by atoms with Gasteiger partial charge in [0.1, 0.15) is 0 Å². The van der Waals surface area contributed by atoms with Crippen LogP contribution in [-0.4, -0.2) is 52.0 Å². The Labute approximate surface area is 105 Å². The fourth-order valence-corrected chi connectivity index (χ4v) is 3.02. The highest BCUT2D eigenvalue weighted by Crippen LogP contribution is 2.26. The summed E-state index contributed by atoms with van der Waals surface area (Å²) in [5, 5.41) is 15.2. The quantitative estimate of drug-likeness (QED) is 0.748. The minimum atomic E-state index is 0.461. The van der Waals surface area contributed by atoms with Crippen LogP contribution in [-0.2, 0) is 11.3 Å². The van der Waals surface area contributed by atoms with Crippen LogP contribution >= 0.6 is 11.8 Å². The Kier molecular flexibility index (Phi) is 5.21. The fraction of sp³-hybridized carbons (Fsp3) is 0.900. The molecule has 0 aromatic carbocycles. The summed E-state index contributed by atoms with van der Waals surface area (Å²) in [7, 11) is 1.70. The van der Waals surface area contributed by atoms with Crippen LogP contribution in [0.4, 0.5) is 0 Å². The molecule has 1 aromatic heterocycles. The van der Waals surface area contributed by atoms with E-state index in [4.69, 9.17) is 4.74 Å². The Morgan fingerprint density at radius 2 is 2.53 bits per heavy atom. The lowest BCUT2D eigenvalue weighted by atomic mass is 10.2. The van der Waals surface area contributed by atoms with E-state index < -0.39 is 0 Å². The first-order chi connectivity index (χ1) is 8.42. The molecule has 2 rings (SSSR count). The molecule has 1 N–H and O–H groups in total. The van der Waals surface area contributed by atoms with Crippen LogP contribution in [0.5, 0.6) is 0 Å². The second-order valence-corrected chi connectivity index (χ2v) is 5.23. The Morgan fingerprint density at radius 1 is 1.59 bits per heavy atom. The van der Waals surface area contributed by atoms with Crippen molar-refractivity contribution in [3.05, 3.63) is 5.82 Å². The number of hydrogen-bond acceptors (Lipinski definition) is 6. The summed E-state index contributed by atoms with van der Waals surface area (Å²) in [5.41, 5.74) is 0. The van der Waals surface area contributed by atoms with Crippen LogP contribution in [0.15, 0.2) is 0 Å². The maximum absolute atomic E-state index is 4.98. The third-order valence-electron chi connectivity index (χ3n) is 2.81. The van der Waals surface area contributed by atoms with E-state index in [0.717, 1.165) is 18.1 Å². The predicted molar refractivity (Wildman–Crippen MR) is 67.0 cm³/mol. The summed E-state index contributed by atoms with van der Waals surface area (Å²) in [4.78, 5) is 0. The number of nitrogens with zero attached hydrogens (tertiary/aromatic N) is 4. The van der Waals surface area contributed by atoms with Crippen molar-refractivity contribution < 1.29 is 4.74 Å². The summed E-state index contributed by atoms with van der Waals surface area (Å²) < 4.78 is 6.96. The van der Waals surface area contributed by atoms with Gasteiger partial charge in [-0.15, -0.1) is 5.10 Å². The molecule has 1 fully saturated rings. The van der Waals surface area contributed by atoms with Gasteiger partial charge in [0.2, 0.25) is 0 Å². The van der Waals surface area contributed by atoms with Gasteiger partial charge in [0.15, 0.2) is 5.82 Å². The van der Waals surface area contributed by atoms with Crippen molar-refractivity contribution >= 4 is 11.8 Å². The maximum Gasteiger partial charge on any atom is 0.165 e. The second kappa shape index (κ2) is 6.93. The number of thioether (sulfide) groups is 1. The highest BCUT2D eigenvalue weighted by molar-refractivity contribution is 7.99. The van der Waals surface area contributed by atoms with Crippen molar-refractivity contribution in [3.8, 4) is 0 Å². The van der Waals surface area contributed by atoms with Crippen LogP contribution in [0, 0.1) is 0 Å². The monoisotopic (exact) mass is 257 g/mol. The number of hydrogen-bond donors (Lipinski definition) is 1. The van der Waals surface area contributed by atoms with Crippen LogP contribution in [0.2, 0.25) is 0 Å². The first-order valence-electron chi connectivity index (χ1n) is 5.96. The van der Waals surface area contributed by atoms with E-state index in [1.54, 1.807) is 7.11 Å². The molecule has 1 aliphatic rings. The van der Waals surface area contributed by atoms with Crippen molar-refractivity contribution in [2.24, 2.45) is 0 Å². The van der Waals surface area contributed by atoms with Crippen LogP contribution in [0.3, 0.4) is 0 Å². The van der Waals surface area contributed by atoms with Crippen LogP contribution < -0.4 is 5.32 Å². The molecular weight excluding hydrogens is 238 g/mol. The summed E-state index contributed by atoms with van der Waals surface area (Å²) >= 11 is 1.99. The zero-order chi connectivity index (χ0) is 11.9. The molecule has 96 valence electrons.